The average molecular weight is 289 g/mol. The van der Waals surface area contributed by atoms with Crippen LogP contribution in [0.4, 0.5) is 0 Å². The predicted molar refractivity (Wildman–Crippen MR) is 77.8 cm³/mol. The van der Waals surface area contributed by atoms with E-state index in [1.807, 2.05) is 13.0 Å². The molecule has 0 radical (unpaired) electrons. The number of amides is 2. The standard InChI is InChI=1S/C15H19N3O3/c1-3-21-13-8-5-4-7-12(13)15(20)17-11-14(19)18(2)10-6-9-16/h4-5,7-8H,3,6,10-11H2,1-2H3,(H,17,20). The first-order valence-corrected chi connectivity index (χ1v) is 6.71. The molecule has 0 fully saturated rings. The van der Waals surface area contributed by atoms with Crippen molar-refractivity contribution in [3.8, 4) is 11.8 Å². The fourth-order valence-electron chi connectivity index (χ4n) is 1.66. The third-order valence-corrected chi connectivity index (χ3v) is 2.82. The van der Waals surface area contributed by atoms with Crippen LogP contribution in [0.25, 0.3) is 0 Å². The Kier molecular flexibility index (Phi) is 6.75. The van der Waals surface area contributed by atoms with E-state index in [-0.39, 0.29) is 24.8 Å². The third-order valence-electron chi connectivity index (χ3n) is 2.82. The summed E-state index contributed by atoms with van der Waals surface area (Å²) in [6.45, 7) is 2.53. The van der Waals surface area contributed by atoms with Crippen LogP contribution in [0.2, 0.25) is 0 Å². The lowest BCUT2D eigenvalue weighted by Crippen LogP contribution is -2.38. The molecule has 0 atom stereocenters. The van der Waals surface area contributed by atoms with Gasteiger partial charge < -0.3 is 15.0 Å². The maximum absolute atomic E-state index is 12.1. The number of hydrogen-bond donors (Lipinski definition) is 1. The van der Waals surface area contributed by atoms with Gasteiger partial charge in [-0.05, 0) is 19.1 Å². The van der Waals surface area contributed by atoms with Gasteiger partial charge in [0.15, 0.2) is 0 Å². The van der Waals surface area contributed by atoms with Crippen LogP contribution in [-0.4, -0.2) is 43.5 Å². The fourth-order valence-corrected chi connectivity index (χ4v) is 1.66. The van der Waals surface area contributed by atoms with Gasteiger partial charge in [0.2, 0.25) is 5.91 Å². The number of nitrogens with one attached hydrogen (secondary N) is 1. The van der Waals surface area contributed by atoms with Crippen LogP contribution in [0.3, 0.4) is 0 Å². The molecule has 6 heteroatoms. The van der Waals surface area contributed by atoms with E-state index in [1.165, 1.54) is 4.90 Å². The smallest absolute Gasteiger partial charge is 0.255 e. The number of hydrogen-bond acceptors (Lipinski definition) is 4. The zero-order valence-corrected chi connectivity index (χ0v) is 12.3. The molecule has 2 amide bonds. The number of benzene rings is 1. The fraction of sp³-hybridized carbons (Fsp3) is 0.400. The largest absolute Gasteiger partial charge is 0.493 e. The van der Waals surface area contributed by atoms with Gasteiger partial charge in [0.1, 0.15) is 5.75 Å². The quantitative estimate of drug-likeness (QED) is 0.817. The Hall–Kier alpha value is -2.55. The minimum Gasteiger partial charge on any atom is -0.493 e. The van der Waals surface area contributed by atoms with Crippen molar-refractivity contribution in [2.24, 2.45) is 0 Å². The summed E-state index contributed by atoms with van der Waals surface area (Å²) in [7, 11) is 1.60. The molecule has 0 aliphatic rings. The number of likely N-dealkylation sites (N-methyl/N-ethyl adjacent to an activating group) is 1. The van der Waals surface area contributed by atoms with Crippen molar-refractivity contribution in [3.05, 3.63) is 29.8 Å². The molecule has 0 unspecified atom stereocenters. The number of ether oxygens (including phenoxy) is 1. The Bertz CT molecular complexity index is 537. The lowest BCUT2D eigenvalue weighted by atomic mass is 10.2. The number of nitriles is 1. The summed E-state index contributed by atoms with van der Waals surface area (Å²) in [6.07, 6.45) is 0.267. The van der Waals surface area contributed by atoms with E-state index in [4.69, 9.17) is 10.00 Å². The van der Waals surface area contributed by atoms with E-state index in [9.17, 15) is 9.59 Å². The monoisotopic (exact) mass is 289 g/mol. The van der Waals surface area contributed by atoms with Crippen LogP contribution in [-0.2, 0) is 4.79 Å². The van der Waals surface area contributed by atoms with Crippen molar-refractivity contribution < 1.29 is 14.3 Å². The van der Waals surface area contributed by atoms with E-state index in [2.05, 4.69) is 5.32 Å². The van der Waals surface area contributed by atoms with Gasteiger partial charge in [-0.1, -0.05) is 12.1 Å². The molecule has 1 N–H and O–H groups in total. The molecule has 0 heterocycles. The molecule has 0 saturated heterocycles. The maximum atomic E-state index is 12.1. The summed E-state index contributed by atoms with van der Waals surface area (Å²) in [5.41, 5.74) is 0.395. The summed E-state index contributed by atoms with van der Waals surface area (Å²) < 4.78 is 5.37. The van der Waals surface area contributed by atoms with Crippen molar-refractivity contribution >= 4 is 11.8 Å². The molecule has 6 nitrogen and oxygen atoms in total. The minimum absolute atomic E-state index is 0.110. The van der Waals surface area contributed by atoms with E-state index in [0.29, 0.717) is 24.5 Å². The highest BCUT2D eigenvalue weighted by Gasteiger charge is 2.14. The topological polar surface area (TPSA) is 82.4 Å². The number of rotatable bonds is 7. The molecule has 1 aromatic rings. The normalized spacial score (nSPS) is 9.57. The molecule has 1 rings (SSSR count). The lowest BCUT2D eigenvalue weighted by molar-refractivity contribution is -0.128. The first-order chi connectivity index (χ1) is 10.1. The number of carbonyl (C=O) groups is 2. The Balaban J connectivity index is 2.58. The van der Waals surface area contributed by atoms with E-state index >= 15 is 0 Å². The van der Waals surface area contributed by atoms with Crippen molar-refractivity contribution in [1.82, 2.24) is 10.2 Å². The van der Waals surface area contributed by atoms with Crippen LogP contribution >= 0.6 is 0 Å². The highest BCUT2D eigenvalue weighted by molar-refractivity contribution is 5.98. The second kappa shape index (κ2) is 8.59. The Labute approximate surface area is 124 Å². The zero-order chi connectivity index (χ0) is 15.7. The molecule has 0 bridgehead atoms. The van der Waals surface area contributed by atoms with E-state index in [1.54, 1.807) is 31.3 Å². The van der Waals surface area contributed by atoms with Gasteiger partial charge in [-0.2, -0.15) is 5.26 Å². The summed E-state index contributed by atoms with van der Waals surface area (Å²) in [5, 5.41) is 11.0. The summed E-state index contributed by atoms with van der Waals surface area (Å²) in [4.78, 5) is 25.2. The highest BCUT2D eigenvalue weighted by atomic mass is 16.5. The van der Waals surface area contributed by atoms with Gasteiger partial charge in [0.25, 0.3) is 5.91 Å². The lowest BCUT2D eigenvalue weighted by Gasteiger charge is -2.16. The van der Waals surface area contributed by atoms with Crippen LogP contribution in [0.1, 0.15) is 23.7 Å². The number of carbonyl (C=O) groups excluding carboxylic acids is 2. The van der Waals surface area contributed by atoms with Crippen LogP contribution in [0, 0.1) is 11.3 Å². The SMILES string of the molecule is CCOc1ccccc1C(=O)NCC(=O)N(C)CCC#N. The van der Waals surface area contributed by atoms with Gasteiger partial charge in [-0.3, -0.25) is 9.59 Å². The van der Waals surface area contributed by atoms with Gasteiger partial charge in [0, 0.05) is 13.6 Å². The number of para-hydroxylation sites is 1. The van der Waals surface area contributed by atoms with Crippen LogP contribution < -0.4 is 10.1 Å². The summed E-state index contributed by atoms with van der Waals surface area (Å²) in [6, 6.07) is 8.83. The third kappa shape index (κ3) is 5.15. The van der Waals surface area contributed by atoms with Crippen LogP contribution in [0.5, 0.6) is 5.75 Å². The Morgan fingerprint density at radius 3 is 2.76 bits per heavy atom. The number of nitrogens with zero attached hydrogens (tertiary/aromatic N) is 2. The molecule has 0 saturated carbocycles. The van der Waals surface area contributed by atoms with Gasteiger partial charge in [-0.15, -0.1) is 0 Å². The second-order valence-electron chi connectivity index (χ2n) is 4.34. The summed E-state index contributed by atoms with van der Waals surface area (Å²) >= 11 is 0. The average Bonchev–Trinajstić information content (AvgIpc) is 2.50. The Morgan fingerprint density at radius 1 is 1.38 bits per heavy atom. The minimum atomic E-state index is -0.360. The first-order valence-electron chi connectivity index (χ1n) is 6.71. The molecule has 0 spiro atoms. The van der Waals surface area contributed by atoms with Crippen molar-refractivity contribution in [1.29, 1.82) is 5.26 Å². The first kappa shape index (κ1) is 16.5. The molecular formula is C15H19N3O3. The summed E-state index contributed by atoms with van der Waals surface area (Å²) in [5.74, 6) is -0.114. The molecular weight excluding hydrogens is 270 g/mol. The molecule has 0 aliphatic heterocycles. The van der Waals surface area contributed by atoms with E-state index < -0.39 is 0 Å². The molecule has 1 aromatic carbocycles. The molecule has 0 aromatic heterocycles. The van der Waals surface area contributed by atoms with Crippen molar-refractivity contribution in [2.75, 3.05) is 26.7 Å². The molecule has 0 aliphatic carbocycles. The van der Waals surface area contributed by atoms with Gasteiger partial charge in [-0.25, -0.2) is 0 Å². The van der Waals surface area contributed by atoms with Gasteiger partial charge in [0.05, 0.1) is 31.2 Å². The predicted octanol–water partition coefficient (Wildman–Crippen LogP) is 1.19. The van der Waals surface area contributed by atoms with Gasteiger partial charge >= 0.3 is 0 Å². The van der Waals surface area contributed by atoms with E-state index in [0.717, 1.165) is 0 Å². The Morgan fingerprint density at radius 2 is 2.10 bits per heavy atom. The molecule has 112 valence electrons. The zero-order valence-electron chi connectivity index (χ0n) is 12.3. The van der Waals surface area contributed by atoms with Crippen LogP contribution in [0.15, 0.2) is 24.3 Å². The second-order valence-corrected chi connectivity index (χ2v) is 4.34. The highest BCUT2D eigenvalue weighted by Crippen LogP contribution is 2.17. The van der Waals surface area contributed by atoms with Crippen molar-refractivity contribution in [2.45, 2.75) is 13.3 Å². The maximum Gasteiger partial charge on any atom is 0.255 e. The molecule has 21 heavy (non-hydrogen) atoms. The van der Waals surface area contributed by atoms with Crippen molar-refractivity contribution in [3.63, 3.8) is 0 Å².